The van der Waals surface area contributed by atoms with Crippen molar-refractivity contribution in [1.29, 1.82) is 0 Å². The van der Waals surface area contributed by atoms with Crippen molar-refractivity contribution in [2.45, 2.75) is 25.3 Å². The third-order valence-electron chi connectivity index (χ3n) is 4.12. The molecule has 1 atom stereocenters. The van der Waals surface area contributed by atoms with Crippen molar-refractivity contribution < 1.29 is 9.90 Å². The van der Waals surface area contributed by atoms with Gasteiger partial charge >= 0.3 is 0 Å². The second-order valence-corrected chi connectivity index (χ2v) is 5.61. The monoisotopic (exact) mass is 300 g/mol. The molecule has 116 valence electrons. The van der Waals surface area contributed by atoms with Gasteiger partial charge in [-0.15, -0.1) is 0 Å². The lowest BCUT2D eigenvalue weighted by Gasteiger charge is -2.32. The first-order chi connectivity index (χ1) is 10.8. The van der Waals surface area contributed by atoms with E-state index in [2.05, 4.69) is 14.5 Å². The first-order valence-electron chi connectivity index (χ1n) is 7.56. The van der Waals surface area contributed by atoms with Gasteiger partial charge in [-0.05, 0) is 30.5 Å². The Balaban J connectivity index is 1.75. The summed E-state index contributed by atoms with van der Waals surface area (Å²) < 4.78 is 2.13. The van der Waals surface area contributed by atoms with Gasteiger partial charge in [0.2, 0.25) is 5.91 Å². The van der Waals surface area contributed by atoms with Crippen LogP contribution in [0.5, 0.6) is 0 Å². The van der Waals surface area contributed by atoms with Gasteiger partial charge in [-0.25, -0.2) is 4.98 Å². The van der Waals surface area contributed by atoms with Crippen molar-refractivity contribution in [3.05, 3.63) is 48.3 Å². The molecule has 0 bridgehead atoms. The van der Waals surface area contributed by atoms with Gasteiger partial charge in [0.25, 0.3) is 0 Å². The molecule has 1 saturated heterocycles. The molecule has 22 heavy (non-hydrogen) atoms. The van der Waals surface area contributed by atoms with E-state index in [-0.39, 0.29) is 11.8 Å². The molecular formula is C16H20N4O2. The Morgan fingerprint density at radius 1 is 1.32 bits per heavy atom. The zero-order chi connectivity index (χ0) is 15.4. The lowest BCUT2D eigenvalue weighted by atomic mass is 9.97. The second kappa shape index (κ2) is 6.70. The number of imidazole rings is 1. The zero-order valence-corrected chi connectivity index (χ0v) is 12.4. The van der Waals surface area contributed by atoms with Crippen LogP contribution in [0.4, 0.5) is 0 Å². The Labute approximate surface area is 129 Å². The highest BCUT2D eigenvalue weighted by Gasteiger charge is 2.26. The average molecular weight is 300 g/mol. The summed E-state index contributed by atoms with van der Waals surface area (Å²) in [6.07, 6.45) is 9.31. The first-order valence-corrected chi connectivity index (χ1v) is 7.56. The van der Waals surface area contributed by atoms with Crippen molar-refractivity contribution in [1.82, 2.24) is 19.4 Å². The summed E-state index contributed by atoms with van der Waals surface area (Å²) in [6, 6.07) is 3.98. The molecule has 3 rings (SSSR count). The highest BCUT2D eigenvalue weighted by atomic mass is 16.3. The second-order valence-electron chi connectivity index (χ2n) is 5.61. The quantitative estimate of drug-likeness (QED) is 0.915. The molecule has 2 aromatic heterocycles. The average Bonchev–Trinajstić information content (AvgIpc) is 3.03. The van der Waals surface area contributed by atoms with Crippen LogP contribution >= 0.6 is 0 Å². The fourth-order valence-corrected chi connectivity index (χ4v) is 3.01. The minimum atomic E-state index is -0.418. The van der Waals surface area contributed by atoms with Crippen LogP contribution in [-0.2, 0) is 11.3 Å². The van der Waals surface area contributed by atoms with Gasteiger partial charge in [-0.2, -0.15) is 0 Å². The SMILES string of the molecule is O=C(CO)N1CCCC(c2nccn2Cc2ccncc2)C1. The maximum atomic E-state index is 11.7. The highest BCUT2D eigenvalue weighted by Crippen LogP contribution is 2.26. The summed E-state index contributed by atoms with van der Waals surface area (Å²) in [6.45, 7) is 1.69. The molecule has 3 heterocycles. The molecule has 1 fully saturated rings. The summed E-state index contributed by atoms with van der Waals surface area (Å²) in [5.74, 6) is 1.03. The topological polar surface area (TPSA) is 71.2 Å². The van der Waals surface area contributed by atoms with E-state index >= 15 is 0 Å². The van der Waals surface area contributed by atoms with E-state index in [4.69, 9.17) is 5.11 Å². The molecule has 6 heteroatoms. The molecule has 0 saturated carbocycles. The van der Waals surface area contributed by atoms with E-state index in [0.717, 1.165) is 31.8 Å². The van der Waals surface area contributed by atoms with Crippen LogP contribution in [0.3, 0.4) is 0 Å². The third kappa shape index (κ3) is 3.17. The smallest absolute Gasteiger partial charge is 0.248 e. The van der Waals surface area contributed by atoms with E-state index in [1.807, 2.05) is 24.5 Å². The van der Waals surface area contributed by atoms with Crippen molar-refractivity contribution in [3.63, 3.8) is 0 Å². The number of carbonyl (C=O) groups excluding carboxylic acids is 1. The van der Waals surface area contributed by atoms with Crippen molar-refractivity contribution in [2.75, 3.05) is 19.7 Å². The van der Waals surface area contributed by atoms with Crippen LogP contribution in [0.2, 0.25) is 0 Å². The summed E-state index contributed by atoms with van der Waals surface area (Å²) in [5, 5.41) is 9.04. The van der Waals surface area contributed by atoms with E-state index in [1.165, 1.54) is 5.56 Å². The van der Waals surface area contributed by atoms with Gasteiger partial charge in [-0.1, -0.05) is 0 Å². The van der Waals surface area contributed by atoms with Gasteiger partial charge < -0.3 is 14.6 Å². The molecule has 0 spiro atoms. The van der Waals surface area contributed by atoms with Crippen LogP contribution < -0.4 is 0 Å². The number of nitrogens with zero attached hydrogens (tertiary/aromatic N) is 4. The first kappa shape index (κ1) is 14.7. The molecule has 1 amide bonds. The van der Waals surface area contributed by atoms with Gasteiger partial charge in [0.1, 0.15) is 12.4 Å². The van der Waals surface area contributed by atoms with Crippen LogP contribution in [0, 0.1) is 0 Å². The summed E-state index contributed by atoms with van der Waals surface area (Å²) in [4.78, 5) is 22.0. The number of piperidine rings is 1. The predicted molar refractivity (Wildman–Crippen MR) is 81.2 cm³/mol. The summed E-state index contributed by atoms with van der Waals surface area (Å²) in [7, 11) is 0. The maximum absolute atomic E-state index is 11.7. The summed E-state index contributed by atoms with van der Waals surface area (Å²) in [5.41, 5.74) is 1.17. The number of aliphatic hydroxyl groups excluding tert-OH is 1. The van der Waals surface area contributed by atoms with Gasteiger partial charge in [0.15, 0.2) is 0 Å². The predicted octanol–water partition coefficient (Wildman–Crippen LogP) is 1.02. The molecule has 1 aliphatic rings. The molecule has 0 aliphatic carbocycles. The van der Waals surface area contributed by atoms with Crippen molar-refractivity contribution in [2.24, 2.45) is 0 Å². The fourth-order valence-electron chi connectivity index (χ4n) is 3.01. The fraction of sp³-hybridized carbons (Fsp3) is 0.438. The number of pyridine rings is 1. The lowest BCUT2D eigenvalue weighted by Crippen LogP contribution is -2.41. The standard InChI is InChI=1S/C16H20N4O2/c21-12-15(22)19-8-1-2-14(11-19)16-18-7-9-20(16)10-13-3-5-17-6-4-13/h3-7,9,14,21H,1-2,8,10-12H2. The van der Waals surface area contributed by atoms with Crippen LogP contribution in [0.1, 0.15) is 30.1 Å². The largest absolute Gasteiger partial charge is 0.387 e. The van der Waals surface area contributed by atoms with Crippen molar-refractivity contribution in [3.8, 4) is 0 Å². The van der Waals surface area contributed by atoms with Crippen LogP contribution in [0.25, 0.3) is 0 Å². The molecule has 0 radical (unpaired) electrons. The number of likely N-dealkylation sites (tertiary alicyclic amines) is 1. The molecule has 0 aromatic carbocycles. The Morgan fingerprint density at radius 3 is 2.91 bits per heavy atom. The van der Waals surface area contributed by atoms with Gasteiger partial charge in [0.05, 0.1) is 0 Å². The highest BCUT2D eigenvalue weighted by molar-refractivity contribution is 5.77. The molecule has 1 N–H and O–H groups in total. The minimum absolute atomic E-state index is 0.197. The Hall–Kier alpha value is -2.21. The minimum Gasteiger partial charge on any atom is -0.387 e. The van der Waals surface area contributed by atoms with E-state index in [9.17, 15) is 4.79 Å². The molecular weight excluding hydrogens is 280 g/mol. The molecule has 1 unspecified atom stereocenters. The van der Waals surface area contributed by atoms with Gasteiger partial charge in [-0.3, -0.25) is 9.78 Å². The van der Waals surface area contributed by atoms with Crippen LogP contribution in [-0.4, -0.2) is 50.1 Å². The Morgan fingerprint density at radius 2 is 2.14 bits per heavy atom. The Kier molecular flexibility index (Phi) is 4.48. The van der Waals surface area contributed by atoms with Gasteiger partial charge in [0, 0.05) is 50.3 Å². The lowest BCUT2D eigenvalue weighted by molar-refractivity contribution is -0.135. The van der Waals surface area contributed by atoms with Crippen LogP contribution in [0.15, 0.2) is 36.9 Å². The summed E-state index contributed by atoms with van der Waals surface area (Å²) >= 11 is 0. The van der Waals surface area contributed by atoms with Crippen molar-refractivity contribution >= 4 is 5.91 Å². The van der Waals surface area contributed by atoms with E-state index in [0.29, 0.717) is 6.54 Å². The van der Waals surface area contributed by atoms with E-state index < -0.39 is 6.61 Å². The number of rotatable bonds is 4. The molecule has 1 aliphatic heterocycles. The number of aromatic nitrogens is 3. The molecule has 6 nitrogen and oxygen atoms in total. The zero-order valence-electron chi connectivity index (χ0n) is 12.4. The number of carbonyl (C=O) groups is 1. The normalized spacial score (nSPS) is 18.4. The number of hydrogen-bond acceptors (Lipinski definition) is 4. The molecule has 2 aromatic rings. The van der Waals surface area contributed by atoms with E-state index in [1.54, 1.807) is 17.3 Å². The third-order valence-corrected chi connectivity index (χ3v) is 4.12. The maximum Gasteiger partial charge on any atom is 0.248 e. The number of amides is 1. The number of hydrogen-bond donors (Lipinski definition) is 1. The Bertz CT molecular complexity index is 626. The number of aliphatic hydroxyl groups is 1.